The Morgan fingerprint density at radius 3 is 2.34 bits per heavy atom. The van der Waals surface area contributed by atoms with Crippen molar-refractivity contribution in [3.8, 4) is 0 Å². The molecule has 0 saturated carbocycles. The molecule has 4 N–H and O–H groups in total. The highest BCUT2D eigenvalue weighted by Crippen LogP contribution is 2.37. The standard InChI is InChI=1S/C35H33F3N6O3/c1-20-29(39-21(2)31(20)34(47)44-14-12-43(3)13-15-44)19-28-27-11-10-26(18-30(27)42-33(28)46)40-24-8-5-9-25(17-24)41-32(45)22-6-4-7-23(16-22)35(36,37)38/h4-11,16-19,39-40H,12-15H2,1-3H3,(H,41,45)(H,42,46). The average Bonchev–Trinajstić information content (AvgIpc) is 3.49. The Balaban J connectivity index is 1.17. The van der Waals surface area contributed by atoms with Crippen LogP contribution in [0.15, 0.2) is 66.7 Å². The van der Waals surface area contributed by atoms with Gasteiger partial charge in [0.05, 0.1) is 22.4 Å². The summed E-state index contributed by atoms with van der Waals surface area (Å²) in [6, 6.07) is 16.4. The van der Waals surface area contributed by atoms with Gasteiger partial charge in [-0.15, -0.1) is 0 Å². The van der Waals surface area contributed by atoms with Crippen molar-refractivity contribution in [3.05, 3.63) is 106 Å². The molecule has 0 spiro atoms. The number of aromatic amines is 1. The van der Waals surface area contributed by atoms with E-state index in [1.54, 1.807) is 36.4 Å². The van der Waals surface area contributed by atoms with Crippen LogP contribution in [-0.4, -0.2) is 65.7 Å². The van der Waals surface area contributed by atoms with E-state index in [0.717, 1.165) is 36.5 Å². The number of benzene rings is 3. The molecule has 0 bridgehead atoms. The summed E-state index contributed by atoms with van der Waals surface area (Å²) in [7, 11) is 2.04. The lowest BCUT2D eigenvalue weighted by atomic mass is 10.0. The fourth-order valence-corrected chi connectivity index (χ4v) is 5.85. The van der Waals surface area contributed by atoms with Gasteiger partial charge in [-0.25, -0.2) is 0 Å². The highest BCUT2D eigenvalue weighted by Gasteiger charge is 2.31. The van der Waals surface area contributed by atoms with Crippen LogP contribution in [-0.2, 0) is 11.0 Å². The number of carbonyl (C=O) groups is 3. The number of aromatic nitrogens is 1. The van der Waals surface area contributed by atoms with E-state index in [4.69, 9.17) is 0 Å². The van der Waals surface area contributed by atoms with Crippen LogP contribution >= 0.6 is 0 Å². The number of rotatable bonds is 6. The van der Waals surface area contributed by atoms with E-state index in [0.29, 0.717) is 58.2 Å². The molecule has 0 radical (unpaired) electrons. The number of nitrogens with one attached hydrogen (secondary N) is 4. The average molecular weight is 643 g/mol. The summed E-state index contributed by atoms with van der Waals surface area (Å²) in [5.41, 5.74) is 5.31. The van der Waals surface area contributed by atoms with Gasteiger partial charge in [0.25, 0.3) is 17.7 Å². The van der Waals surface area contributed by atoms with E-state index in [-0.39, 0.29) is 17.4 Å². The normalized spacial score (nSPS) is 15.8. The Morgan fingerprint density at radius 2 is 1.60 bits per heavy atom. The number of hydrogen-bond acceptors (Lipinski definition) is 5. The number of H-pyrrole nitrogens is 1. The third-order valence-corrected chi connectivity index (χ3v) is 8.43. The molecule has 47 heavy (non-hydrogen) atoms. The summed E-state index contributed by atoms with van der Waals surface area (Å²) < 4.78 is 39.3. The lowest BCUT2D eigenvalue weighted by Gasteiger charge is -2.32. The molecule has 4 aromatic rings. The van der Waals surface area contributed by atoms with Crippen LogP contribution in [0.2, 0.25) is 0 Å². The number of alkyl halides is 3. The molecular formula is C35H33F3N6O3. The summed E-state index contributed by atoms with van der Waals surface area (Å²) in [4.78, 5) is 46.4. The highest BCUT2D eigenvalue weighted by atomic mass is 19.4. The second kappa shape index (κ2) is 12.4. The zero-order valence-corrected chi connectivity index (χ0v) is 26.0. The number of aryl methyl sites for hydroxylation is 1. The minimum Gasteiger partial charge on any atom is -0.358 e. The van der Waals surface area contributed by atoms with Crippen molar-refractivity contribution < 1.29 is 27.6 Å². The number of amides is 3. The zero-order valence-electron chi connectivity index (χ0n) is 26.0. The Morgan fingerprint density at radius 1 is 0.894 bits per heavy atom. The van der Waals surface area contributed by atoms with Crippen molar-refractivity contribution in [1.82, 2.24) is 14.8 Å². The van der Waals surface area contributed by atoms with Crippen LogP contribution in [0.3, 0.4) is 0 Å². The largest absolute Gasteiger partial charge is 0.416 e. The molecule has 0 atom stereocenters. The van der Waals surface area contributed by atoms with Gasteiger partial charge >= 0.3 is 6.18 Å². The topological polar surface area (TPSA) is 110 Å². The third kappa shape index (κ3) is 6.63. The summed E-state index contributed by atoms with van der Waals surface area (Å²) in [5.74, 6) is -0.952. The van der Waals surface area contributed by atoms with Crippen LogP contribution < -0.4 is 16.0 Å². The summed E-state index contributed by atoms with van der Waals surface area (Å²) in [5, 5.41) is 8.78. The molecule has 0 unspecified atom stereocenters. The van der Waals surface area contributed by atoms with Crippen molar-refractivity contribution in [2.75, 3.05) is 49.2 Å². The molecule has 1 fully saturated rings. The third-order valence-electron chi connectivity index (χ3n) is 8.43. The van der Waals surface area contributed by atoms with Gasteiger partial charge in [0.1, 0.15) is 0 Å². The molecule has 12 heteroatoms. The van der Waals surface area contributed by atoms with E-state index >= 15 is 0 Å². The zero-order chi connectivity index (χ0) is 33.5. The van der Waals surface area contributed by atoms with Crippen molar-refractivity contribution in [2.45, 2.75) is 20.0 Å². The molecule has 2 aliphatic rings. The van der Waals surface area contributed by atoms with Crippen molar-refractivity contribution in [1.29, 1.82) is 0 Å². The summed E-state index contributed by atoms with van der Waals surface area (Å²) in [6.07, 6.45) is -2.78. The molecular weight excluding hydrogens is 609 g/mol. The molecule has 6 rings (SSSR count). The fraction of sp³-hybridized carbons (Fsp3) is 0.229. The number of nitrogens with zero attached hydrogens (tertiary/aromatic N) is 2. The van der Waals surface area contributed by atoms with Gasteiger partial charge in [0, 0.05) is 65.8 Å². The van der Waals surface area contributed by atoms with Gasteiger partial charge in [-0.3, -0.25) is 14.4 Å². The Kier molecular flexibility index (Phi) is 8.37. The van der Waals surface area contributed by atoms with Gasteiger partial charge in [0.2, 0.25) is 0 Å². The minimum absolute atomic E-state index is 0.0136. The van der Waals surface area contributed by atoms with E-state index < -0.39 is 17.6 Å². The molecule has 3 heterocycles. The molecule has 3 aromatic carbocycles. The molecule has 242 valence electrons. The SMILES string of the molecule is Cc1[nH]c(C=C2C(=O)Nc3cc(Nc4cccc(NC(=O)c5cccc(C(F)(F)F)c5)c4)ccc32)c(C)c1C(=O)N1CCN(C)CC1. The molecule has 9 nitrogen and oxygen atoms in total. The van der Waals surface area contributed by atoms with Gasteiger partial charge in [-0.2, -0.15) is 13.2 Å². The van der Waals surface area contributed by atoms with Crippen molar-refractivity contribution in [3.63, 3.8) is 0 Å². The fourth-order valence-electron chi connectivity index (χ4n) is 5.85. The Hall–Kier alpha value is -5.36. The minimum atomic E-state index is -4.56. The number of hydrogen-bond donors (Lipinski definition) is 4. The first-order valence-electron chi connectivity index (χ1n) is 15.1. The van der Waals surface area contributed by atoms with Crippen LogP contribution in [0, 0.1) is 13.8 Å². The molecule has 1 saturated heterocycles. The molecule has 1 aromatic heterocycles. The van der Waals surface area contributed by atoms with Gasteiger partial charge in [-0.1, -0.05) is 18.2 Å². The Labute approximate surface area is 269 Å². The van der Waals surface area contributed by atoms with Gasteiger partial charge in [-0.05, 0) is 81.1 Å². The van der Waals surface area contributed by atoms with Crippen LogP contribution in [0.4, 0.5) is 35.9 Å². The number of likely N-dealkylation sites (N-methyl/N-ethyl adjacent to an activating group) is 1. The maximum atomic E-state index is 13.4. The smallest absolute Gasteiger partial charge is 0.358 e. The van der Waals surface area contributed by atoms with Crippen LogP contribution in [0.5, 0.6) is 0 Å². The second-order valence-corrected chi connectivity index (χ2v) is 11.8. The van der Waals surface area contributed by atoms with Crippen LogP contribution in [0.25, 0.3) is 11.6 Å². The monoisotopic (exact) mass is 642 g/mol. The quantitative estimate of drug-likeness (QED) is 0.179. The van der Waals surface area contributed by atoms with Gasteiger partial charge < -0.3 is 30.7 Å². The van der Waals surface area contributed by atoms with Crippen molar-refractivity contribution >= 4 is 52.1 Å². The Bertz CT molecular complexity index is 1920. The highest BCUT2D eigenvalue weighted by molar-refractivity contribution is 6.35. The number of fused-ring (bicyclic) bond motifs is 1. The summed E-state index contributed by atoms with van der Waals surface area (Å²) in [6.45, 7) is 6.73. The lowest BCUT2D eigenvalue weighted by Crippen LogP contribution is -2.47. The van der Waals surface area contributed by atoms with Crippen molar-refractivity contribution in [2.24, 2.45) is 0 Å². The first kappa shape index (κ1) is 31.6. The predicted octanol–water partition coefficient (Wildman–Crippen LogP) is 6.53. The van der Waals surface area contributed by atoms with E-state index in [1.165, 1.54) is 12.1 Å². The van der Waals surface area contributed by atoms with Gasteiger partial charge in [0.15, 0.2) is 0 Å². The summed E-state index contributed by atoms with van der Waals surface area (Å²) >= 11 is 0. The number of carbonyl (C=O) groups excluding carboxylic acids is 3. The maximum Gasteiger partial charge on any atom is 0.416 e. The number of anilines is 4. The van der Waals surface area contributed by atoms with E-state index in [9.17, 15) is 27.6 Å². The number of piperazine rings is 1. The first-order valence-corrected chi connectivity index (χ1v) is 15.1. The molecule has 0 aliphatic carbocycles. The van der Waals surface area contributed by atoms with Crippen LogP contribution in [0.1, 0.15) is 48.8 Å². The second-order valence-electron chi connectivity index (χ2n) is 11.8. The first-order chi connectivity index (χ1) is 22.4. The van der Waals surface area contributed by atoms with E-state index in [2.05, 4.69) is 25.8 Å². The molecule has 3 amide bonds. The van der Waals surface area contributed by atoms with E-state index in [1.807, 2.05) is 37.9 Å². The maximum absolute atomic E-state index is 13.4. The molecule has 2 aliphatic heterocycles. The predicted molar refractivity (Wildman–Crippen MR) is 176 cm³/mol. The number of halogens is 3. The lowest BCUT2D eigenvalue weighted by molar-refractivity contribution is -0.137.